The maximum Gasteiger partial charge on any atom is 0.221 e. The Labute approximate surface area is 128 Å². The molecule has 1 aromatic carbocycles. The van der Waals surface area contributed by atoms with Gasteiger partial charge in [0.15, 0.2) is 0 Å². The average Bonchev–Trinajstić information content (AvgIpc) is 2.58. The Morgan fingerprint density at radius 3 is 2.62 bits per heavy atom. The topological polar surface area (TPSA) is 41.1 Å². The Morgan fingerprint density at radius 2 is 1.95 bits per heavy atom. The standard InChI is InChI=1S/C18H28N2O/c1-17(2,3)20-15(21)10-11-19-16-14-9-7-6-8-13(14)12-18(16,4)5/h6-9,16,19H,10-12H2,1-5H3,(H,20,21). The summed E-state index contributed by atoms with van der Waals surface area (Å²) in [6.07, 6.45) is 1.61. The Bertz CT molecular complexity index is 514. The van der Waals surface area contributed by atoms with Gasteiger partial charge in [-0.3, -0.25) is 4.79 Å². The van der Waals surface area contributed by atoms with Crippen LogP contribution < -0.4 is 10.6 Å². The van der Waals surface area contributed by atoms with E-state index in [1.54, 1.807) is 0 Å². The molecule has 1 aliphatic rings. The van der Waals surface area contributed by atoms with Crippen LogP contribution in [0.15, 0.2) is 24.3 Å². The lowest BCUT2D eigenvalue weighted by Gasteiger charge is -2.29. The van der Waals surface area contributed by atoms with E-state index in [0.717, 1.165) is 6.42 Å². The van der Waals surface area contributed by atoms with Crippen LogP contribution in [-0.4, -0.2) is 18.0 Å². The molecule has 0 radical (unpaired) electrons. The van der Waals surface area contributed by atoms with Crippen molar-refractivity contribution in [2.45, 2.75) is 59.0 Å². The summed E-state index contributed by atoms with van der Waals surface area (Å²) in [5.74, 6) is 0.110. The van der Waals surface area contributed by atoms with E-state index in [9.17, 15) is 4.79 Å². The van der Waals surface area contributed by atoms with Crippen molar-refractivity contribution >= 4 is 5.91 Å². The summed E-state index contributed by atoms with van der Waals surface area (Å²) in [5.41, 5.74) is 2.86. The first-order valence-electron chi connectivity index (χ1n) is 7.81. The molecule has 2 N–H and O–H groups in total. The van der Waals surface area contributed by atoms with Crippen LogP contribution in [0.1, 0.15) is 58.2 Å². The molecule has 0 heterocycles. The fraction of sp³-hybridized carbons (Fsp3) is 0.611. The quantitative estimate of drug-likeness (QED) is 0.893. The van der Waals surface area contributed by atoms with Crippen molar-refractivity contribution in [3.05, 3.63) is 35.4 Å². The molecule has 0 saturated heterocycles. The molecule has 0 spiro atoms. The second-order valence-electron chi connectivity index (χ2n) is 7.80. The predicted octanol–water partition coefficient (Wildman–Crippen LogP) is 3.20. The summed E-state index contributed by atoms with van der Waals surface area (Å²) in [4.78, 5) is 11.9. The number of fused-ring (bicyclic) bond motifs is 1. The minimum Gasteiger partial charge on any atom is -0.351 e. The van der Waals surface area contributed by atoms with Crippen molar-refractivity contribution in [1.82, 2.24) is 10.6 Å². The number of carbonyl (C=O) groups excluding carboxylic acids is 1. The summed E-state index contributed by atoms with van der Waals surface area (Å²) in [5, 5.41) is 6.59. The van der Waals surface area contributed by atoms with Crippen LogP contribution in [0.5, 0.6) is 0 Å². The number of rotatable bonds is 4. The Kier molecular flexibility index (Phi) is 4.43. The highest BCUT2D eigenvalue weighted by atomic mass is 16.1. The van der Waals surface area contributed by atoms with E-state index in [1.165, 1.54) is 11.1 Å². The maximum atomic E-state index is 11.9. The molecule has 0 aliphatic heterocycles. The van der Waals surface area contributed by atoms with Gasteiger partial charge in [0.2, 0.25) is 5.91 Å². The van der Waals surface area contributed by atoms with E-state index in [-0.39, 0.29) is 16.9 Å². The smallest absolute Gasteiger partial charge is 0.221 e. The first-order chi connectivity index (χ1) is 9.69. The van der Waals surface area contributed by atoms with Gasteiger partial charge in [-0.15, -0.1) is 0 Å². The zero-order valence-corrected chi connectivity index (χ0v) is 13.9. The molecular weight excluding hydrogens is 260 g/mol. The number of amides is 1. The molecular formula is C18H28N2O. The maximum absolute atomic E-state index is 11.9. The van der Waals surface area contributed by atoms with E-state index in [4.69, 9.17) is 0 Å². The van der Waals surface area contributed by atoms with Crippen LogP contribution >= 0.6 is 0 Å². The fourth-order valence-electron chi connectivity index (χ4n) is 3.19. The van der Waals surface area contributed by atoms with Crippen molar-refractivity contribution in [3.8, 4) is 0 Å². The van der Waals surface area contributed by atoms with Gasteiger partial charge in [0.05, 0.1) is 0 Å². The monoisotopic (exact) mass is 288 g/mol. The van der Waals surface area contributed by atoms with Gasteiger partial charge in [-0.25, -0.2) is 0 Å². The first-order valence-corrected chi connectivity index (χ1v) is 7.81. The normalized spacial score (nSPS) is 20.1. The van der Waals surface area contributed by atoms with Crippen LogP contribution in [0.2, 0.25) is 0 Å². The van der Waals surface area contributed by atoms with Gasteiger partial charge in [0, 0.05) is 24.5 Å². The Balaban J connectivity index is 1.92. The average molecular weight is 288 g/mol. The number of hydrogen-bond donors (Lipinski definition) is 2. The molecule has 0 saturated carbocycles. The molecule has 0 bridgehead atoms. The predicted molar refractivity (Wildman–Crippen MR) is 87.2 cm³/mol. The number of nitrogens with one attached hydrogen (secondary N) is 2. The fourth-order valence-corrected chi connectivity index (χ4v) is 3.19. The van der Waals surface area contributed by atoms with E-state index in [0.29, 0.717) is 19.0 Å². The molecule has 3 nitrogen and oxygen atoms in total. The third kappa shape index (κ3) is 4.07. The van der Waals surface area contributed by atoms with Gasteiger partial charge in [0.1, 0.15) is 0 Å². The highest BCUT2D eigenvalue weighted by Crippen LogP contribution is 2.44. The van der Waals surface area contributed by atoms with Gasteiger partial charge in [-0.1, -0.05) is 38.1 Å². The second-order valence-corrected chi connectivity index (χ2v) is 7.80. The molecule has 1 atom stereocenters. The SMILES string of the molecule is CC(C)(C)NC(=O)CCNC1c2ccccc2CC1(C)C. The first kappa shape index (κ1) is 16.0. The lowest BCUT2D eigenvalue weighted by molar-refractivity contribution is -0.122. The molecule has 1 amide bonds. The van der Waals surface area contributed by atoms with Gasteiger partial charge in [-0.2, -0.15) is 0 Å². The summed E-state index contributed by atoms with van der Waals surface area (Å²) in [6.45, 7) is 11.3. The summed E-state index contributed by atoms with van der Waals surface area (Å²) < 4.78 is 0. The van der Waals surface area contributed by atoms with Crippen LogP contribution in [0, 0.1) is 5.41 Å². The highest BCUT2D eigenvalue weighted by Gasteiger charge is 2.38. The van der Waals surface area contributed by atoms with E-state index < -0.39 is 0 Å². The van der Waals surface area contributed by atoms with Crippen LogP contribution in [0.3, 0.4) is 0 Å². The van der Waals surface area contributed by atoms with E-state index in [1.807, 2.05) is 20.8 Å². The van der Waals surface area contributed by atoms with Crippen molar-refractivity contribution in [2.24, 2.45) is 5.41 Å². The Morgan fingerprint density at radius 1 is 1.29 bits per heavy atom. The molecule has 1 unspecified atom stereocenters. The summed E-state index contributed by atoms with van der Waals surface area (Å²) >= 11 is 0. The molecule has 0 aromatic heterocycles. The second kappa shape index (κ2) is 5.80. The van der Waals surface area contributed by atoms with Crippen LogP contribution in [0.25, 0.3) is 0 Å². The van der Waals surface area contributed by atoms with Crippen molar-refractivity contribution in [2.75, 3.05) is 6.54 Å². The van der Waals surface area contributed by atoms with Crippen molar-refractivity contribution in [3.63, 3.8) is 0 Å². The zero-order valence-electron chi connectivity index (χ0n) is 13.9. The van der Waals surface area contributed by atoms with E-state index in [2.05, 4.69) is 48.7 Å². The van der Waals surface area contributed by atoms with Crippen molar-refractivity contribution in [1.29, 1.82) is 0 Å². The lowest BCUT2D eigenvalue weighted by atomic mass is 9.85. The number of benzene rings is 1. The molecule has 0 fully saturated rings. The Hall–Kier alpha value is -1.35. The molecule has 1 aliphatic carbocycles. The molecule has 1 aromatic rings. The molecule has 3 heteroatoms. The molecule has 2 rings (SSSR count). The third-order valence-corrected chi connectivity index (χ3v) is 4.01. The summed E-state index contributed by atoms with van der Waals surface area (Å²) in [7, 11) is 0. The molecule has 21 heavy (non-hydrogen) atoms. The largest absolute Gasteiger partial charge is 0.351 e. The van der Waals surface area contributed by atoms with Gasteiger partial charge < -0.3 is 10.6 Å². The summed E-state index contributed by atoms with van der Waals surface area (Å²) in [6, 6.07) is 8.95. The van der Waals surface area contributed by atoms with E-state index >= 15 is 0 Å². The van der Waals surface area contributed by atoms with Gasteiger partial charge in [-0.05, 0) is 43.7 Å². The van der Waals surface area contributed by atoms with Crippen molar-refractivity contribution < 1.29 is 4.79 Å². The highest BCUT2D eigenvalue weighted by molar-refractivity contribution is 5.76. The molecule has 116 valence electrons. The van der Waals surface area contributed by atoms with Gasteiger partial charge >= 0.3 is 0 Å². The minimum absolute atomic E-state index is 0.110. The third-order valence-electron chi connectivity index (χ3n) is 4.01. The zero-order chi connectivity index (χ0) is 15.7. The lowest BCUT2D eigenvalue weighted by Crippen LogP contribution is -2.42. The minimum atomic E-state index is -0.156. The van der Waals surface area contributed by atoms with Gasteiger partial charge in [0.25, 0.3) is 0 Å². The number of hydrogen-bond acceptors (Lipinski definition) is 2. The van der Waals surface area contributed by atoms with Crippen LogP contribution in [0.4, 0.5) is 0 Å². The van der Waals surface area contributed by atoms with Crippen LogP contribution in [-0.2, 0) is 11.2 Å². The number of carbonyl (C=O) groups is 1.